The zero-order chi connectivity index (χ0) is 20.5. The minimum absolute atomic E-state index is 0.176. The third kappa shape index (κ3) is 3.77. The van der Waals surface area contributed by atoms with Crippen LogP contribution in [0.3, 0.4) is 0 Å². The Kier molecular flexibility index (Phi) is 5.14. The molecule has 0 spiro atoms. The maximum absolute atomic E-state index is 12.3. The second-order valence-electron chi connectivity index (χ2n) is 7.66. The highest BCUT2D eigenvalue weighted by Crippen LogP contribution is 2.24. The molecule has 1 fully saturated rings. The van der Waals surface area contributed by atoms with Crippen molar-refractivity contribution >= 4 is 17.2 Å². The number of rotatable bonds is 5. The van der Waals surface area contributed by atoms with Gasteiger partial charge in [-0.25, -0.2) is 9.97 Å². The van der Waals surface area contributed by atoms with E-state index >= 15 is 0 Å². The molecular weight excluding hydrogens is 368 g/mol. The molecule has 1 atom stereocenters. The van der Waals surface area contributed by atoms with E-state index in [9.17, 15) is 4.79 Å². The van der Waals surface area contributed by atoms with E-state index in [1.807, 2.05) is 32.2 Å². The summed E-state index contributed by atoms with van der Waals surface area (Å²) in [4.78, 5) is 25.1. The summed E-state index contributed by atoms with van der Waals surface area (Å²) in [6.07, 6.45) is 4.60. The minimum atomic E-state index is -0.176. The van der Waals surface area contributed by atoms with Crippen LogP contribution in [0, 0.1) is 13.8 Å². The number of hydrogen-bond donors (Lipinski definition) is 1. The fraction of sp³-hybridized carbons (Fsp3) is 0.450. The summed E-state index contributed by atoms with van der Waals surface area (Å²) in [5.41, 5.74) is 4.01. The normalized spacial score (nSPS) is 16.6. The van der Waals surface area contributed by atoms with E-state index in [1.165, 1.54) is 4.90 Å². The summed E-state index contributed by atoms with van der Waals surface area (Å²) in [7, 11) is 3.43. The monoisotopic (exact) mass is 394 g/mol. The van der Waals surface area contributed by atoms with Crippen LogP contribution in [0.5, 0.6) is 0 Å². The zero-order valence-corrected chi connectivity index (χ0v) is 17.3. The summed E-state index contributed by atoms with van der Waals surface area (Å²) in [5, 5.41) is 12.1. The van der Waals surface area contributed by atoms with E-state index in [4.69, 9.17) is 0 Å². The van der Waals surface area contributed by atoms with Gasteiger partial charge in [0.15, 0.2) is 0 Å². The number of carbonyl (C=O) groups excluding carboxylic acids is 1. The standard InChI is InChI=1S/C20H26N8O/c1-13-14(2)24-18(20(29)26(3)4)25-19(13)27-9-7-16(12-27)21-10-15-11-23-28-17(15)6-5-8-22-28/h5-6,8,11,16,21H,7,9-10,12H2,1-4H3/t16-/m1/s1. The molecule has 0 bridgehead atoms. The van der Waals surface area contributed by atoms with Crippen LogP contribution in [-0.4, -0.2) is 68.8 Å². The molecule has 1 amide bonds. The van der Waals surface area contributed by atoms with Crippen molar-refractivity contribution in [3.63, 3.8) is 0 Å². The molecule has 1 saturated heterocycles. The summed E-state index contributed by atoms with van der Waals surface area (Å²) < 4.78 is 1.65. The lowest BCUT2D eigenvalue weighted by molar-refractivity contribution is 0.0815. The second kappa shape index (κ2) is 7.75. The van der Waals surface area contributed by atoms with E-state index in [2.05, 4.69) is 30.4 Å². The highest BCUT2D eigenvalue weighted by molar-refractivity contribution is 5.90. The third-order valence-corrected chi connectivity index (χ3v) is 5.41. The molecule has 0 aromatic carbocycles. The van der Waals surface area contributed by atoms with Gasteiger partial charge in [0.05, 0.1) is 11.7 Å². The number of amides is 1. The van der Waals surface area contributed by atoms with Crippen LogP contribution >= 0.6 is 0 Å². The van der Waals surface area contributed by atoms with Gasteiger partial charge in [0, 0.05) is 62.8 Å². The van der Waals surface area contributed by atoms with Gasteiger partial charge in [0.2, 0.25) is 5.82 Å². The van der Waals surface area contributed by atoms with Crippen molar-refractivity contribution in [2.75, 3.05) is 32.1 Å². The average molecular weight is 394 g/mol. The molecule has 29 heavy (non-hydrogen) atoms. The Balaban J connectivity index is 1.46. The number of hydrogen-bond acceptors (Lipinski definition) is 7. The Morgan fingerprint density at radius 2 is 2.10 bits per heavy atom. The van der Waals surface area contributed by atoms with Gasteiger partial charge in [-0.05, 0) is 32.4 Å². The average Bonchev–Trinajstić information content (AvgIpc) is 3.34. The van der Waals surface area contributed by atoms with Crippen LogP contribution in [0.2, 0.25) is 0 Å². The van der Waals surface area contributed by atoms with Gasteiger partial charge in [-0.1, -0.05) is 0 Å². The molecule has 0 unspecified atom stereocenters. The lowest BCUT2D eigenvalue weighted by Gasteiger charge is -2.22. The van der Waals surface area contributed by atoms with E-state index in [0.29, 0.717) is 6.04 Å². The van der Waals surface area contributed by atoms with Crippen molar-refractivity contribution < 1.29 is 4.79 Å². The Morgan fingerprint density at radius 3 is 2.90 bits per heavy atom. The van der Waals surface area contributed by atoms with Gasteiger partial charge in [-0.2, -0.15) is 14.8 Å². The van der Waals surface area contributed by atoms with Crippen LogP contribution in [0.1, 0.15) is 33.9 Å². The topological polar surface area (TPSA) is 91.5 Å². The summed E-state index contributed by atoms with van der Waals surface area (Å²) in [6, 6.07) is 4.28. The highest BCUT2D eigenvalue weighted by Gasteiger charge is 2.26. The Labute approximate surface area is 169 Å². The van der Waals surface area contributed by atoms with Crippen molar-refractivity contribution in [1.82, 2.24) is 35.0 Å². The Hall–Kier alpha value is -3.07. The summed E-state index contributed by atoms with van der Waals surface area (Å²) in [5.74, 6) is 0.931. The predicted molar refractivity (Wildman–Crippen MR) is 110 cm³/mol. The van der Waals surface area contributed by atoms with Crippen molar-refractivity contribution in [3.05, 3.63) is 47.2 Å². The summed E-state index contributed by atoms with van der Waals surface area (Å²) >= 11 is 0. The smallest absolute Gasteiger partial charge is 0.291 e. The molecule has 4 heterocycles. The molecule has 3 aromatic heterocycles. The maximum atomic E-state index is 12.3. The van der Waals surface area contributed by atoms with Crippen LogP contribution in [0.15, 0.2) is 24.5 Å². The molecule has 1 N–H and O–H groups in total. The largest absolute Gasteiger partial charge is 0.355 e. The molecule has 4 rings (SSSR count). The van der Waals surface area contributed by atoms with Crippen molar-refractivity contribution in [2.45, 2.75) is 32.9 Å². The molecule has 9 heteroatoms. The van der Waals surface area contributed by atoms with Crippen LogP contribution in [-0.2, 0) is 6.54 Å². The maximum Gasteiger partial charge on any atom is 0.291 e. The molecule has 0 aliphatic carbocycles. The first-order valence-corrected chi connectivity index (χ1v) is 9.77. The number of aromatic nitrogens is 5. The molecule has 152 valence electrons. The predicted octanol–water partition coefficient (Wildman–Crippen LogP) is 1.21. The first-order valence-electron chi connectivity index (χ1n) is 9.77. The van der Waals surface area contributed by atoms with Crippen molar-refractivity contribution in [1.29, 1.82) is 0 Å². The van der Waals surface area contributed by atoms with Gasteiger partial charge in [-0.15, -0.1) is 0 Å². The van der Waals surface area contributed by atoms with Gasteiger partial charge < -0.3 is 15.1 Å². The Bertz CT molecular complexity index is 1040. The quantitative estimate of drug-likeness (QED) is 0.695. The number of aryl methyl sites for hydroxylation is 1. The molecule has 0 radical (unpaired) electrons. The van der Waals surface area contributed by atoms with Crippen LogP contribution in [0.4, 0.5) is 5.82 Å². The fourth-order valence-electron chi connectivity index (χ4n) is 3.61. The Morgan fingerprint density at radius 1 is 1.28 bits per heavy atom. The first-order chi connectivity index (χ1) is 13.9. The lowest BCUT2D eigenvalue weighted by Crippen LogP contribution is -2.33. The lowest BCUT2D eigenvalue weighted by atomic mass is 10.2. The molecule has 1 aliphatic heterocycles. The van der Waals surface area contributed by atoms with Gasteiger partial charge >= 0.3 is 0 Å². The molecule has 3 aromatic rings. The van der Waals surface area contributed by atoms with Crippen LogP contribution in [0.25, 0.3) is 5.52 Å². The number of nitrogens with zero attached hydrogens (tertiary/aromatic N) is 7. The third-order valence-electron chi connectivity index (χ3n) is 5.41. The van der Waals surface area contributed by atoms with Gasteiger partial charge in [-0.3, -0.25) is 4.79 Å². The van der Waals surface area contributed by atoms with Crippen molar-refractivity contribution in [2.24, 2.45) is 0 Å². The molecule has 0 saturated carbocycles. The molecule has 1 aliphatic rings. The SMILES string of the molecule is Cc1nc(C(=O)N(C)C)nc(N2CC[C@@H](NCc3cnn4ncccc34)C2)c1C. The fourth-order valence-corrected chi connectivity index (χ4v) is 3.61. The highest BCUT2D eigenvalue weighted by atomic mass is 16.2. The van der Waals surface area contributed by atoms with E-state index in [1.54, 1.807) is 24.9 Å². The number of nitrogens with one attached hydrogen (secondary N) is 1. The van der Waals surface area contributed by atoms with Crippen LogP contribution < -0.4 is 10.2 Å². The zero-order valence-electron chi connectivity index (χ0n) is 17.3. The van der Waals surface area contributed by atoms with Gasteiger partial charge in [0.1, 0.15) is 5.82 Å². The number of fused-ring (bicyclic) bond motifs is 1. The van der Waals surface area contributed by atoms with E-state index in [-0.39, 0.29) is 11.7 Å². The summed E-state index contributed by atoms with van der Waals surface area (Å²) in [6.45, 7) is 6.41. The van der Waals surface area contributed by atoms with E-state index in [0.717, 1.165) is 54.2 Å². The number of carbonyl (C=O) groups is 1. The number of anilines is 1. The van der Waals surface area contributed by atoms with E-state index < -0.39 is 0 Å². The van der Waals surface area contributed by atoms with Crippen molar-refractivity contribution in [3.8, 4) is 0 Å². The molecular formula is C20H26N8O. The van der Waals surface area contributed by atoms with Gasteiger partial charge in [0.25, 0.3) is 5.91 Å². The molecule has 9 nitrogen and oxygen atoms in total. The minimum Gasteiger partial charge on any atom is -0.355 e. The second-order valence-corrected chi connectivity index (χ2v) is 7.66. The first kappa shape index (κ1) is 19.3.